The second kappa shape index (κ2) is 8.15. The lowest BCUT2D eigenvalue weighted by Crippen LogP contribution is -2.24. The summed E-state index contributed by atoms with van der Waals surface area (Å²) in [6.45, 7) is 2.59. The molecule has 1 N–H and O–H groups in total. The molecule has 1 atom stereocenters. The Morgan fingerprint density at radius 3 is 2.50 bits per heavy atom. The van der Waals surface area contributed by atoms with Gasteiger partial charge in [-0.15, -0.1) is 0 Å². The number of thiol groups is 1. The molecule has 2 aromatic rings. The third kappa shape index (κ3) is 3.99. The Morgan fingerprint density at radius 2 is 1.86 bits per heavy atom. The average molecular weight is 323 g/mol. The molecule has 2 nitrogen and oxygen atoms in total. The van der Waals surface area contributed by atoms with Crippen molar-refractivity contribution in [1.29, 1.82) is 0 Å². The maximum absolute atomic E-state index is 14.7. The predicted molar refractivity (Wildman–Crippen MR) is 87.8 cm³/mol. The molecule has 0 spiro atoms. The first-order valence-corrected chi connectivity index (χ1v) is 7.85. The van der Waals surface area contributed by atoms with Gasteiger partial charge >= 0.3 is 0 Å². The van der Waals surface area contributed by atoms with Crippen LogP contribution < -0.4 is 10.1 Å². The van der Waals surface area contributed by atoms with Crippen LogP contribution in [0.15, 0.2) is 42.5 Å². The molecule has 0 aromatic heterocycles. The van der Waals surface area contributed by atoms with Crippen molar-refractivity contribution in [3.63, 3.8) is 0 Å². The van der Waals surface area contributed by atoms with Gasteiger partial charge in [0.1, 0.15) is 5.75 Å². The normalized spacial score (nSPS) is 12.2. The van der Waals surface area contributed by atoms with Crippen molar-refractivity contribution >= 4 is 12.6 Å². The Bertz CT molecular complexity index is 607. The predicted octanol–water partition coefficient (Wildman–Crippen LogP) is 4.73. The van der Waals surface area contributed by atoms with Crippen molar-refractivity contribution in [3.05, 3.63) is 59.7 Å². The van der Waals surface area contributed by atoms with Crippen LogP contribution in [0.1, 0.15) is 24.9 Å². The third-order valence-electron chi connectivity index (χ3n) is 3.33. The molecular formula is C17H19F2NOS. The Kier molecular flexibility index (Phi) is 6.21. The zero-order valence-electron chi connectivity index (χ0n) is 12.4. The van der Waals surface area contributed by atoms with Gasteiger partial charge in [0.2, 0.25) is 0 Å². The Labute approximate surface area is 134 Å². The second-order valence-corrected chi connectivity index (χ2v) is 5.28. The van der Waals surface area contributed by atoms with Crippen LogP contribution in [-0.4, -0.2) is 12.3 Å². The molecule has 0 aliphatic rings. The first kappa shape index (κ1) is 16.8. The molecule has 0 saturated carbocycles. The van der Waals surface area contributed by atoms with Crippen LogP contribution in [0.2, 0.25) is 0 Å². The van der Waals surface area contributed by atoms with E-state index in [-0.39, 0.29) is 11.8 Å². The summed E-state index contributed by atoms with van der Waals surface area (Å²) >= 11 is 4.13. The summed E-state index contributed by atoms with van der Waals surface area (Å²) in [6, 6.07) is 11.1. The lowest BCUT2D eigenvalue weighted by atomic mass is 10.0. The van der Waals surface area contributed by atoms with Crippen LogP contribution in [0, 0.1) is 11.6 Å². The third-order valence-corrected chi connectivity index (χ3v) is 3.55. The number of ether oxygens (including phenoxy) is 1. The molecule has 0 aliphatic heterocycles. The highest BCUT2D eigenvalue weighted by molar-refractivity contribution is 7.80. The molecule has 2 rings (SSSR count). The van der Waals surface area contributed by atoms with Crippen molar-refractivity contribution < 1.29 is 13.5 Å². The van der Waals surface area contributed by atoms with Gasteiger partial charge in [-0.2, -0.15) is 12.6 Å². The van der Waals surface area contributed by atoms with Crippen molar-refractivity contribution in [2.45, 2.75) is 19.4 Å². The number of para-hydroxylation sites is 1. The first-order chi connectivity index (χ1) is 10.7. The maximum atomic E-state index is 14.7. The average Bonchev–Trinajstić information content (AvgIpc) is 2.54. The molecular weight excluding hydrogens is 304 g/mol. The van der Waals surface area contributed by atoms with Gasteiger partial charge in [0.25, 0.3) is 0 Å². The highest BCUT2D eigenvalue weighted by atomic mass is 32.1. The van der Waals surface area contributed by atoms with E-state index in [1.807, 2.05) is 13.0 Å². The first-order valence-electron chi connectivity index (χ1n) is 7.22. The summed E-state index contributed by atoms with van der Waals surface area (Å²) in [4.78, 5) is 0. The molecule has 2 aromatic carbocycles. The van der Waals surface area contributed by atoms with E-state index in [0.717, 1.165) is 0 Å². The largest absolute Gasteiger partial charge is 0.451 e. The zero-order chi connectivity index (χ0) is 15.9. The van der Waals surface area contributed by atoms with Gasteiger partial charge in [-0.05, 0) is 24.6 Å². The standard InChI is InChI=1S/C17H19F2NOS/c1-2-15(20-10-11-22)13-8-9-14(18)17(16(13)19)21-12-6-4-3-5-7-12/h3-9,15,20,22H,2,10-11H2,1H3/t15-/m0/s1. The minimum absolute atomic E-state index is 0.203. The molecule has 118 valence electrons. The SMILES string of the molecule is CC[C@H](NCCS)c1ccc(F)c(Oc2ccccc2)c1F. The van der Waals surface area contributed by atoms with E-state index in [4.69, 9.17) is 4.74 Å². The van der Waals surface area contributed by atoms with Crippen LogP contribution in [0.5, 0.6) is 11.5 Å². The van der Waals surface area contributed by atoms with Gasteiger partial charge in [0, 0.05) is 23.9 Å². The Morgan fingerprint density at radius 1 is 1.14 bits per heavy atom. The van der Waals surface area contributed by atoms with Crippen molar-refractivity contribution in [2.24, 2.45) is 0 Å². The van der Waals surface area contributed by atoms with E-state index < -0.39 is 11.6 Å². The van der Waals surface area contributed by atoms with Gasteiger partial charge in [-0.3, -0.25) is 0 Å². The van der Waals surface area contributed by atoms with Gasteiger partial charge in [0.05, 0.1) is 0 Å². The number of halogens is 2. The smallest absolute Gasteiger partial charge is 0.198 e. The number of hydrogen-bond donors (Lipinski definition) is 2. The highest BCUT2D eigenvalue weighted by Gasteiger charge is 2.20. The monoisotopic (exact) mass is 323 g/mol. The Balaban J connectivity index is 2.32. The summed E-state index contributed by atoms with van der Waals surface area (Å²) in [6.07, 6.45) is 0.682. The molecule has 0 heterocycles. The zero-order valence-corrected chi connectivity index (χ0v) is 13.2. The van der Waals surface area contributed by atoms with Gasteiger partial charge in [0.15, 0.2) is 17.4 Å². The van der Waals surface area contributed by atoms with Crippen LogP contribution in [0.3, 0.4) is 0 Å². The minimum Gasteiger partial charge on any atom is -0.451 e. The molecule has 0 saturated heterocycles. The summed E-state index contributed by atoms with van der Waals surface area (Å²) < 4.78 is 34.0. The number of hydrogen-bond acceptors (Lipinski definition) is 3. The second-order valence-electron chi connectivity index (χ2n) is 4.83. The van der Waals surface area contributed by atoms with Crippen LogP contribution in [0.4, 0.5) is 8.78 Å². The van der Waals surface area contributed by atoms with Crippen LogP contribution in [0.25, 0.3) is 0 Å². The molecule has 0 radical (unpaired) electrons. The fourth-order valence-corrected chi connectivity index (χ4v) is 2.36. The minimum atomic E-state index is -0.714. The van der Waals surface area contributed by atoms with E-state index in [2.05, 4.69) is 17.9 Å². The molecule has 0 aliphatic carbocycles. The van der Waals surface area contributed by atoms with Gasteiger partial charge in [-0.25, -0.2) is 8.78 Å². The van der Waals surface area contributed by atoms with Crippen molar-refractivity contribution in [2.75, 3.05) is 12.3 Å². The summed E-state index contributed by atoms with van der Waals surface area (Å²) in [7, 11) is 0. The molecule has 0 unspecified atom stereocenters. The van der Waals surface area contributed by atoms with Crippen LogP contribution in [-0.2, 0) is 0 Å². The fourth-order valence-electron chi connectivity index (χ4n) is 2.23. The Hall–Kier alpha value is -1.59. The lowest BCUT2D eigenvalue weighted by molar-refractivity contribution is 0.396. The van der Waals surface area contributed by atoms with E-state index >= 15 is 0 Å². The number of rotatable bonds is 7. The quantitative estimate of drug-likeness (QED) is 0.719. The molecule has 5 heteroatoms. The van der Waals surface area contributed by atoms with Crippen LogP contribution >= 0.6 is 12.6 Å². The molecule has 0 amide bonds. The summed E-state index contributed by atoms with van der Waals surface area (Å²) in [5, 5.41) is 3.19. The van der Waals surface area contributed by atoms with E-state index in [0.29, 0.717) is 30.0 Å². The fraction of sp³-hybridized carbons (Fsp3) is 0.294. The maximum Gasteiger partial charge on any atom is 0.198 e. The molecule has 0 fully saturated rings. The molecule has 0 bridgehead atoms. The van der Waals surface area contributed by atoms with E-state index in [9.17, 15) is 8.78 Å². The van der Waals surface area contributed by atoms with Crippen molar-refractivity contribution in [3.8, 4) is 11.5 Å². The topological polar surface area (TPSA) is 21.3 Å². The van der Waals surface area contributed by atoms with Crippen molar-refractivity contribution in [1.82, 2.24) is 5.32 Å². The highest BCUT2D eigenvalue weighted by Crippen LogP contribution is 2.32. The lowest BCUT2D eigenvalue weighted by Gasteiger charge is -2.19. The summed E-state index contributed by atoms with van der Waals surface area (Å²) in [5.41, 5.74) is 0.400. The van der Waals surface area contributed by atoms with Gasteiger partial charge < -0.3 is 10.1 Å². The van der Waals surface area contributed by atoms with E-state index in [1.165, 1.54) is 12.1 Å². The number of nitrogens with one attached hydrogen (secondary N) is 1. The van der Waals surface area contributed by atoms with E-state index in [1.54, 1.807) is 24.3 Å². The van der Waals surface area contributed by atoms with Gasteiger partial charge in [-0.1, -0.05) is 31.2 Å². The summed E-state index contributed by atoms with van der Waals surface area (Å²) in [5.74, 6) is -0.702. The molecule has 22 heavy (non-hydrogen) atoms. The number of benzene rings is 2.